The van der Waals surface area contributed by atoms with Crippen molar-refractivity contribution in [3.05, 3.63) is 0 Å². The van der Waals surface area contributed by atoms with E-state index in [-0.39, 0.29) is 11.1 Å². The van der Waals surface area contributed by atoms with Crippen molar-refractivity contribution in [3.63, 3.8) is 0 Å². The fourth-order valence-electron chi connectivity index (χ4n) is 2.02. The summed E-state index contributed by atoms with van der Waals surface area (Å²) in [7, 11) is -1.70. The third-order valence-electron chi connectivity index (χ3n) is 4.22. The van der Waals surface area contributed by atoms with Crippen LogP contribution in [0.5, 0.6) is 0 Å². The lowest BCUT2D eigenvalue weighted by molar-refractivity contribution is 0.170. The van der Waals surface area contributed by atoms with Crippen LogP contribution in [0.1, 0.15) is 46.5 Å². The van der Waals surface area contributed by atoms with E-state index in [0.717, 1.165) is 0 Å². The van der Waals surface area contributed by atoms with E-state index in [1.54, 1.807) is 0 Å². The Hall–Kier alpha value is -0.263. The van der Waals surface area contributed by atoms with Gasteiger partial charge in [-0.2, -0.15) is 0 Å². The summed E-state index contributed by atoms with van der Waals surface area (Å²) >= 11 is 0. The van der Waals surface area contributed by atoms with Crippen molar-refractivity contribution in [1.29, 1.82) is 0 Å². The fraction of sp³-hybridized carbons (Fsp3) is 0.857. The maximum absolute atomic E-state index is 6.34. The second kappa shape index (κ2) is 4.94. The summed E-state index contributed by atoms with van der Waals surface area (Å²) in [5, 5.41) is 0.251. The lowest BCUT2D eigenvalue weighted by Crippen LogP contribution is -2.45. The van der Waals surface area contributed by atoms with Crippen LogP contribution >= 0.6 is 0 Å². The Balaban J connectivity index is 2.66. The first-order chi connectivity index (χ1) is 7.28. The van der Waals surface area contributed by atoms with Crippen molar-refractivity contribution in [3.8, 4) is 12.3 Å². The summed E-state index contributed by atoms with van der Waals surface area (Å²) in [6.45, 7) is 11.4. The average Bonchev–Trinajstić information content (AvgIpc) is 2.65. The van der Waals surface area contributed by atoms with Gasteiger partial charge in [0.1, 0.15) is 6.10 Å². The van der Waals surface area contributed by atoms with Gasteiger partial charge in [-0.25, -0.2) is 0 Å². The molecule has 0 heterocycles. The minimum absolute atomic E-state index is 0.0587. The smallest absolute Gasteiger partial charge is 0.193 e. The van der Waals surface area contributed by atoms with E-state index in [9.17, 15) is 0 Å². The zero-order valence-corrected chi connectivity index (χ0v) is 12.5. The van der Waals surface area contributed by atoms with Crippen molar-refractivity contribution in [2.24, 2.45) is 5.92 Å². The molecule has 0 spiro atoms. The molecule has 1 saturated carbocycles. The second-order valence-corrected chi connectivity index (χ2v) is 11.3. The summed E-state index contributed by atoms with van der Waals surface area (Å²) < 4.78 is 6.34. The molecule has 1 unspecified atom stereocenters. The van der Waals surface area contributed by atoms with Crippen LogP contribution in [-0.4, -0.2) is 14.4 Å². The number of rotatable bonds is 3. The molecule has 92 valence electrons. The van der Waals surface area contributed by atoms with Gasteiger partial charge in [-0.1, -0.05) is 39.5 Å². The molecule has 0 radical (unpaired) electrons. The molecule has 0 amide bonds. The van der Waals surface area contributed by atoms with Gasteiger partial charge in [-0.3, -0.25) is 0 Å². The highest BCUT2D eigenvalue weighted by molar-refractivity contribution is 6.74. The van der Waals surface area contributed by atoms with E-state index in [2.05, 4.69) is 39.8 Å². The summed E-state index contributed by atoms with van der Waals surface area (Å²) in [4.78, 5) is 0. The van der Waals surface area contributed by atoms with E-state index in [1.165, 1.54) is 25.7 Å². The first-order valence-corrected chi connectivity index (χ1v) is 9.33. The predicted octanol–water partition coefficient (Wildman–Crippen LogP) is 4.20. The van der Waals surface area contributed by atoms with Gasteiger partial charge in [-0.15, -0.1) is 6.42 Å². The van der Waals surface area contributed by atoms with Crippen molar-refractivity contribution in [2.75, 3.05) is 0 Å². The summed E-state index contributed by atoms with van der Waals surface area (Å²) in [5.41, 5.74) is 0. The molecule has 1 nitrogen and oxygen atoms in total. The van der Waals surface area contributed by atoms with Gasteiger partial charge in [-0.05, 0) is 36.9 Å². The molecular weight excluding hydrogens is 212 g/mol. The zero-order chi connectivity index (χ0) is 12.4. The van der Waals surface area contributed by atoms with Gasteiger partial charge < -0.3 is 4.43 Å². The van der Waals surface area contributed by atoms with E-state index >= 15 is 0 Å². The number of hydrogen-bond donors (Lipinski definition) is 0. The lowest BCUT2D eigenvalue weighted by atomic mass is 10.0. The molecule has 0 saturated heterocycles. The molecule has 1 aliphatic rings. The molecule has 1 rings (SSSR count). The van der Waals surface area contributed by atoms with E-state index < -0.39 is 8.32 Å². The molecule has 1 aliphatic carbocycles. The number of hydrogen-bond acceptors (Lipinski definition) is 1. The van der Waals surface area contributed by atoms with Crippen LogP contribution in [0.3, 0.4) is 0 Å². The van der Waals surface area contributed by atoms with Crippen LogP contribution in [0.4, 0.5) is 0 Å². The van der Waals surface area contributed by atoms with Crippen LogP contribution in [-0.2, 0) is 4.43 Å². The van der Waals surface area contributed by atoms with Gasteiger partial charge in [0.2, 0.25) is 0 Å². The molecule has 0 aromatic rings. The van der Waals surface area contributed by atoms with Gasteiger partial charge in [0.25, 0.3) is 0 Å². The van der Waals surface area contributed by atoms with Crippen LogP contribution in [0.25, 0.3) is 0 Å². The minimum atomic E-state index is -1.70. The van der Waals surface area contributed by atoms with E-state index in [4.69, 9.17) is 10.8 Å². The van der Waals surface area contributed by atoms with Gasteiger partial charge >= 0.3 is 0 Å². The Morgan fingerprint density at radius 3 is 2.12 bits per heavy atom. The normalized spacial score (nSPS) is 20.8. The largest absolute Gasteiger partial charge is 0.403 e. The minimum Gasteiger partial charge on any atom is -0.403 e. The van der Waals surface area contributed by atoms with Gasteiger partial charge in [0.15, 0.2) is 8.32 Å². The molecule has 0 N–H and O–H groups in total. The molecule has 1 fully saturated rings. The Kier molecular flexibility index (Phi) is 4.26. The van der Waals surface area contributed by atoms with Crippen LogP contribution in [0.15, 0.2) is 0 Å². The third-order valence-corrected chi connectivity index (χ3v) is 8.68. The maximum Gasteiger partial charge on any atom is 0.193 e. The molecule has 0 aromatic heterocycles. The molecule has 2 heteroatoms. The summed E-state index contributed by atoms with van der Waals surface area (Å²) in [5.74, 6) is 3.50. The first kappa shape index (κ1) is 13.8. The molecular formula is C14H26OSi. The predicted molar refractivity (Wildman–Crippen MR) is 72.9 cm³/mol. The third kappa shape index (κ3) is 3.12. The van der Waals surface area contributed by atoms with Crippen molar-refractivity contribution in [1.82, 2.24) is 0 Å². The Bertz CT molecular complexity index is 263. The molecule has 0 bridgehead atoms. The Morgan fingerprint density at radius 1 is 1.25 bits per heavy atom. The summed E-state index contributed by atoms with van der Waals surface area (Å²) in [6.07, 6.45) is 10.9. The van der Waals surface area contributed by atoms with E-state index in [1.807, 2.05) is 0 Å². The van der Waals surface area contributed by atoms with E-state index in [0.29, 0.717) is 5.92 Å². The van der Waals surface area contributed by atoms with Crippen LogP contribution < -0.4 is 0 Å². The first-order valence-electron chi connectivity index (χ1n) is 6.42. The molecule has 0 aliphatic heterocycles. The molecule has 0 aromatic carbocycles. The second-order valence-electron chi connectivity index (χ2n) is 6.51. The monoisotopic (exact) mass is 238 g/mol. The Labute approximate surface area is 102 Å². The van der Waals surface area contributed by atoms with Crippen LogP contribution in [0, 0.1) is 18.3 Å². The highest BCUT2D eigenvalue weighted by Crippen LogP contribution is 2.39. The van der Waals surface area contributed by atoms with Crippen molar-refractivity contribution >= 4 is 8.32 Å². The lowest BCUT2D eigenvalue weighted by Gasteiger charge is -2.39. The van der Waals surface area contributed by atoms with Crippen LogP contribution in [0.2, 0.25) is 18.1 Å². The van der Waals surface area contributed by atoms with Crippen molar-refractivity contribution in [2.45, 2.75) is 70.7 Å². The highest BCUT2D eigenvalue weighted by Gasteiger charge is 2.40. The highest BCUT2D eigenvalue weighted by atomic mass is 28.4. The molecule has 16 heavy (non-hydrogen) atoms. The number of terminal acetylenes is 1. The summed E-state index contributed by atoms with van der Waals surface area (Å²) in [6, 6.07) is 0. The quantitative estimate of drug-likeness (QED) is 0.529. The topological polar surface area (TPSA) is 9.23 Å². The Morgan fingerprint density at radius 2 is 1.75 bits per heavy atom. The average molecular weight is 238 g/mol. The van der Waals surface area contributed by atoms with Crippen molar-refractivity contribution < 1.29 is 4.43 Å². The zero-order valence-electron chi connectivity index (χ0n) is 11.5. The van der Waals surface area contributed by atoms with Gasteiger partial charge in [0, 0.05) is 0 Å². The molecule has 1 atom stereocenters. The standard InChI is InChI=1S/C14H26OSi/c1-7-13(12-10-8-9-11-12)15-16(5,6)14(2,3)4/h1,12-13H,8-11H2,2-6H3. The fourth-order valence-corrected chi connectivity index (χ4v) is 3.27. The SMILES string of the molecule is C#CC(O[Si](C)(C)C(C)(C)C)C1CCCC1. The van der Waals surface area contributed by atoms with Gasteiger partial charge in [0.05, 0.1) is 0 Å². The maximum atomic E-state index is 6.34.